The highest BCUT2D eigenvalue weighted by Crippen LogP contribution is 2.19. The molecular weight excluding hydrogens is 226 g/mol. The summed E-state index contributed by atoms with van der Waals surface area (Å²) in [6.45, 7) is 2.04. The quantitative estimate of drug-likeness (QED) is 0.897. The largest absolute Gasteiger partial charge is 0.481 e. The standard InChI is InChI=1S/C15H17NO2/c1-11-5-3-6-12(9-11)10-14(17)13-7-4-8-15(16-13)18-2/h3-9,14,17H,10H2,1-2H3. The van der Waals surface area contributed by atoms with Crippen LogP contribution in [0.2, 0.25) is 0 Å². The average molecular weight is 243 g/mol. The van der Waals surface area contributed by atoms with Crippen molar-refractivity contribution in [3.8, 4) is 5.88 Å². The number of benzene rings is 1. The Morgan fingerprint density at radius 2 is 2.00 bits per heavy atom. The Hall–Kier alpha value is -1.87. The lowest BCUT2D eigenvalue weighted by molar-refractivity contribution is 0.172. The van der Waals surface area contributed by atoms with Crippen molar-refractivity contribution < 1.29 is 9.84 Å². The number of methoxy groups -OCH3 is 1. The molecule has 2 rings (SSSR count). The highest BCUT2D eigenvalue weighted by Gasteiger charge is 2.11. The van der Waals surface area contributed by atoms with Crippen LogP contribution in [-0.4, -0.2) is 17.2 Å². The Morgan fingerprint density at radius 3 is 2.72 bits per heavy atom. The first-order valence-corrected chi connectivity index (χ1v) is 5.93. The molecule has 0 fully saturated rings. The Kier molecular flexibility index (Phi) is 3.95. The van der Waals surface area contributed by atoms with E-state index < -0.39 is 6.10 Å². The molecule has 1 unspecified atom stereocenters. The molecule has 2 aromatic rings. The van der Waals surface area contributed by atoms with Crippen molar-refractivity contribution in [2.45, 2.75) is 19.4 Å². The first-order chi connectivity index (χ1) is 8.69. The number of hydrogen-bond acceptors (Lipinski definition) is 3. The summed E-state index contributed by atoms with van der Waals surface area (Å²) in [5.74, 6) is 0.524. The molecule has 1 aromatic heterocycles. The van der Waals surface area contributed by atoms with E-state index in [0.29, 0.717) is 18.0 Å². The third-order valence-corrected chi connectivity index (χ3v) is 2.81. The molecule has 1 N–H and O–H groups in total. The van der Waals surface area contributed by atoms with E-state index in [1.54, 1.807) is 13.2 Å². The molecule has 18 heavy (non-hydrogen) atoms. The second-order valence-electron chi connectivity index (χ2n) is 4.31. The van der Waals surface area contributed by atoms with E-state index in [9.17, 15) is 5.11 Å². The first-order valence-electron chi connectivity index (χ1n) is 5.93. The van der Waals surface area contributed by atoms with E-state index in [0.717, 1.165) is 5.56 Å². The van der Waals surface area contributed by atoms with Gasteiger partial charge in [0.05, 0.1) is 12.8 Å². The molecule has 0 bridgehead atoms. The fourth-order valence-corrected chi connectivity index (χ4v) is 1.90. The van der Waals surface area contributed by atoms with Crippen molar-refractivity contribution in [1.29, 1.82) is 0 Å². The number of hydrogen-bond donors (Lipinski definition) is 1. The molecule has 0 aliphatic rings. The number of aryl methyl sites for hydroxylation is 1. The van der Waals surface area contributed by atoms with E-state index in [1.807, 2.05) is 37.3 Å². The Morgan fingerprint density at radius 1 is 1.22 bits per heavy atom. The monoisotopic (exact) mass is 243 g/mol. The molecule has 0 aliphatic heterocycles. The number of nitrogens with zero attached hydrogens (tertiary/aromatic N) is 1. The van der Waals surface area contributed by atoms with Gasteiger partial charge in [-0.1, -0.05) is 35.9 Å². The third-order valence-electron chi connectivity index (χ3n) is 2.81. The van der Waals surface area contributed by atoms with Crippen LogP contribution < -0.4 is 4.74 Å². The van der Waals surface area contributed by atoms with Crippen LogP contribution in [-0.2, 0) is 6.42 Å². The van der Waals surface area contributed by atoms with Gasteiger partial charge in [0, 0.05) is 12.5 Å². The second kappa shape index (κ2) is 5.65. The zero-order valence-corrected chi connectivity index (χ0v) is 10.6. The van der Waals surface area contributed by atoms with Crippen LogP contribution in [0.5, 0.6) is 5.88 Å². The summed E-state index contributed by atoms with van der Waals surface area (Å²) >= 11 is 0. The zero-order chi connectivity index (χ0) is 13.0. The maximum atomic E-state index is 10.2. The van der Waals surface area contributed by atoms with Gasteiger partial charge in [0.2, 0.25) is 5.88 Å². The fraction of sp³-hybridized carbons (Fsp3) is 0.267. The molecule has 0 spiro atoms. The van der Waals surface area contributed by atoms with E-state index in [-0.39, 0.29) is 0 Å². The average Bonchev–Trinajstić information content (AvgIpc) is 2.39. The molecule has 0 saturated carbocycles. The number of aliphatic hydroxyl groups is 1. The van der Waals surface area contributed by atoms with Crippen LogP contribution in [0, 0.1) is 6.92 Å². The molecular formula is C15H17NO2. The molecule has 0 radical (unpaired) electrons. The predicted molar refractivity (Wildman–Crippen MR) is 70.6 cm³/mol. The van der Waals surface area contributed by atoms with Gasteiger partial charge in [0.25, 0.3) is 0 Å². The normalized spacial score (nSPS) is 12.2. The molecule has 0 amide bonds. The van der Waals surface area contributed by atoms with Gasteiger partial charge >= 0.3 is 0 Å². The first kappa shape index (κ1) is 12.6. The summed E-state index contributed by atoms with van der Waals surface area (Å²) in [6.07, 6.45) is -0.0520. The summed E-state index contributed by atoms with van der Waals surface area (Å²) < 4.78 is 5.05. The molecule has 94 valence electrons. The van der Waals surface area contributed by atoms with E-state index in [4.69, 9.17) is 4.74 Å². The molecule has 0 aliphatic carbocycles. The van der Waals surface area contributed by atoms with Gasteiger partial charge in [-0.3, -0.25) is 0 Å². The number of pyridine rings is 1. The van der Waals surface area contributed by atoms with E-state index in [1.165, 1.54) is 5.56 Å². The topological polar surface area (TPSA) is 42.4 Å². The van der Waals surface area contributed by atoms with Gasteiger partial charge in [-0.15, -0.1) is 0 Å². The summed E-state index contributed by atoms with van der Waals surface area (Å²) in [4.78, 5) is 4.24. The van der Waals surface area contributed by atoms with Gasteiger partial charge in [-0.05, 0) is 18.6 Å². The lowest BCUT2D eigenvalue weighted by Gasteiger charge is -2.11. The van der Waals surface area contributed by atoms with Crippen molar-refractivity contribution in [3.63, 3.8) is 0 Å². The lowest BCUT2D eigenvalue weighted by atomic mass is 10.0. The zero-order valence-electron chi connectivity index (χ0n) is 10.6. The molecule has 1 heterocycles. The van der Waals surface area contributed by atoms with Crippen LogP contribution in [0.25, 0.3) is 0 Å². The Labute approximate surface area is 107 Å². The highest BCUT2D eigenvalue weighted by atomic mass is 16.5. The molecule has 3 nitrogen and oxygen atoms in total. The van der Waals surface area contributed by atoms with E-state index in [2.05, 4.69) is 11.1 Å². The summed E-state index contributed by atoms with van der Waals surface area (Å²) in [5, 5.41) is 10.2. The predicted octanol–water partition coefficient (Wildman–Crippen LogP) is 2.67. The van der Waals surface area contributed by atoms with Crippen molar-refractivity contribution in [3.05, 3.63) is 59.3 Å². The minimum absolute atomic E-state index is 0.524. The van der Waals surface area contributed by atoms with Gasteiger partial charge in [-0.25, -0.2) is 4.98 Å². The number of ether oxygens (including phenoxy) is 1. The minimum atomic E-state index is -0.609. The summed E-state index contributed by atoms with van der Waals surface area (Å²) in [5.41, 5.74) is 2.93. The third kappa shape index (κ3) is 3.08. The highest BCUT2D eigenvalue weighted by molar-refractivity contribution is 5.25. The smallest absolute Gasteiger partial charge is 0.213 e. The SMILES string of the molecule is COc1cccc(C(O)Cc2cccc(C)c2)n1. The van der Waals surface area contributed by atoms with Crippen LogP contribution in [0.3, 0.4) is 0 Å². The van der Waals surface area contributed by atoms with Crippen LogP contribution in [0.4, 0.5) is 0 Å². The maximum Gasteiger partial charge on any atom is 0.213 e. The van der Waals surface area contributed by atoms with E-state index >= 15 is 0 Å². The van der Waals surface area contributed by atoms with Gasteiger partial charge < -0.3 is 9.84 Å². The summed E-state index contributed by atoms with van der Waals surface area (Å²) in [7, 11) is 1.57. The van der Waals surface area contributed by atoms with Crippen molar-refractivity contribution >= 4 is 0 Å². The second-order valence-corrected chi connectivity index (χ2v) is 4.31. The molecule has 1 atom stereocenters. The number of aromatic nitrogens is 1. The van der Waals surface area contributed by atoms with Crippen LogP contribution in [0.1, 0.15) is 22.9 Å². The maximum absolute atomic E-state index is 10.2. The van der Waals surface area contributed by atoms with Crippen molar-refractivity contribution in [2.24, 2.45) is 0 Å². The summed E-state index contributed by atoms with van der Waals surface area (Å²) in [6, 6.07) is 13.5. The molecule has 1 aromatic carbocycles. The minimum Gasteiger partial charge on any atom is -0.481 e. The molecule has 3 heteroatoms. The number of aliphatic hydroxyl groups excluding tert-OH is 1. The van der Waals surface area contributed by atoms with Gasteiger partial charge in [0.15, 0.2) is 0 Å². The van der Waals surface area contributed by atoms with Gasteiger partial charge in [0.1, 0.15) is 6.10 Å². The molecule has 0 saturated heterocycles. The lowest BCUT2D eigenvalue weighted by Crippen LogP contribution is -2.05. The van der Waals surface area contributed by atoms with Crippen LogP contribution in [0.15, 0.2) is 42.5 Å². The number of rotatable bonds is 4. The van der Waals surface area contributed by atoms with Crippen molar-refractivity contribution in [1.82, 2.24) is 4.98 Å². The van der Waals surface area contributed by atoms with Gasteiger partial charge in [-0.2, -0.15) is 0 Å². The van der Waals surface area contributed by atoms with Crippen LogP contribution >= 0.6 is 0 Å². The fourth-order valence-electron chi connectivity index (χ4n) is 1.90. The Balaban J connectivity index is 2.13. The van der Waals surface area contributed by atoms with Crippen molar-refractivity contribution in [2.75, 3.05) is 7.11 Å². The Bertz CT molecular complexity index is 525.